The van der Waals surface area contributed by atoms with E-state index in [4.69, 9.17) is 19.6 Å². The summed E-state index contributed by atoms with van der Waals surface area (Å²) in [6.45, 7) is 7.00. The molecule has 7 nitrogen and oxygen atoms in total. The Bertz CT molecular complexity index is 1280. The first-order valence-corrected chi connectivity index (χ1v) is 10.2. The van der Waals surface area contributed by atoms with E-state index in [1.54, 1.807) is 32.4 Å². The highest BCUT2D eigenvalue weighted by Gasteiger charge is 2.18. The Morgan fingerprint density at radius 3 is 2.58 bits per heavy atom. The molecule has 0 saturated heterocycles. The molecule has 1 amide bonds. The molecule has 0 bridgehead atoms. The van der Waals surface area contributed by atoms with Crippen molar-refractivity contribution < 1.29 is 14.3 Å². The number of pyridine rings is 1. The summed E-state index contributed by atoms with van der Waals surface area (Å²) < 4.78 is 12.4. The highest BCUT2D eigenvalue weighted by Crippen LogP contribution is 2.30. The van der Waals surface area contributed by atoms with Gasteiger partial charge in [-0.3, -0.25) is 4.79 Å². The molecule has 4 rings (SSSR count). The third-order valence-electron chi connectivity index (χ3n) is 5.16. The highest BCUT2D eigenvalue weighted by atomic mass is 16.5. The second-order valence-electron chi connectivity index (χ2n) is 7.95. The van der Waals surface area contributed by atoms with Gasteiger partial charge >= 0.3 is 0 Å². The van der Waals surface area contributed by atoms with Crippen molar-refractivity contribution >= 4 is 33.7 Å². The third-order valence-corrected chi connectivity index (χ3v) is 5.16. The van der Waals surface area contributed by atoms with Crippen molar-refractivity contribution in [3.63, 3.8) is 0 Å². The van der Waals surface area contributed by atoms with Gasteiger partial charge in [-0.1, -0.05) is 32.0 Å². The van der Waals surface area contributed by atoms with E-state index < -0.39 is 0 Å². The average molecular weight is 418 g/mol. The number of amides is 1. The lowest BCUT2D eigenvalue weighted by atomic mass is 10.1. The average Bonchev–Trinajstić information content (AvgIpc) is 3.07. The summed E-state index contributed by atoms with van der Waals surface area (Å²) in [5.74, 6) is 1.66. The van der Waals surface area contributed by atoms with Crippen molar-refractivity contribution in [1.29, 1.82) is 0 Å². The number of aryl methyl sites for hydroxylation is 1. The number of para-hydroxylation sites is 1. The molecule has 0 aliphatic heterocycles. The zero-order valence-electron chi connectivity index (χ0n) is 18.4. The van der Waals surface area contributed by atoms with Gasteiger partial charge in [0.15, 0.2) is 23.0 Å². The van der Waals surface area contributed by atoms with Crippen LogP contribution < -0.4 is 14.8 Å². The lowest BCUT2D eigenvalue weighted by molar-refractivity contribution is 0.102. The first kappa shape index (κ1) is 20.7. The number of hydrogen-bond acceptors (Lipinski definition) is 5. The molecule has 0 fully saturated rings. The van der Waals surface area contributed by atoms with E-state index in [2.05, 4.69) is 19.2 Å². The molecule has 0 aliphatic rings. The Kier molecular flexibility index (Phi) is 5.50. The number of methoxy groups -OCH3 is 2. The van der Waals surface area contributed by atoms with Crippen LogP contribution in [0, 0.1) is 12.8 Å². The number of aromatic nitrogens is 3. The molecular weight excluding hydrogens is 392 g/mol. The summed E-state index contributed by atoms with van der Waals surface area (Å²) in [5, 5.41) is 9.47. The quantitative estimate of drug-likeness (QED) is 0.486. The monoisotopic (exact) mass is 418 g/mol. The number of hydrogen-bond donors (Lipinski definition) is 1. The number of nitrogens with zero attached hydrogens (tertiary/aromatic N) is 3. The zero-order chi connectivity index (χ0) is 22.1. The molecule has 0 spiro atoms. The molecule has 0 aliphatic carbocycles. The fourth-order valence-electron chi connectivity index (χ4n) is 3.65. The van der Waals surface area contributed by atoms with Crippen LogP contribution in [-0.4, -0.2) is 34.9 Å². The van der Waals surface area contributed by atoms with Crippen LogP contribution in [0.25, 0.3) is 21.9 Å². The Morgan fingerprint density at radius 2 is 1.87 bits per heavy atom. The van der Waals surface area contributed by atoms with Gasteiger partial charge in [-0.25, -0.2) is 9.67 Å². The van der Waals surface area contributed by atoms with Gasteiger partial charge in [0.1, 0.15) is 0 Å². The molecule has 2 aromatic carbocycles. The summed E-state index contributed by atoms with van der Waals surface area (Å²) >= 11 is 0. The van der Waals surface area contributed by atoms with E-state index >= 15 is 0 Å². The second kappa shape index (κ2) is 8.26. The van der Waals surface area contributed by atoms with Crippen LogP contribution in [-0.2, 0) is 6.54 Å². The molecule has 0 atom stereocenters. The van der Waals surface area contributed by atoms with E-state index in [-0.39, 0.29) is 5.91 Å². The van der Waals surface area contributed by atoms with Crippen molar-refractivity contribution in [2.45, 2.75) is 27.3 Å². The zero-order valence-corrected chi connectivity index (χ0v) is 18.4. The van der Waals surface area contributed by atoms with E-state index in [1.165, 1.54) is 0 Å². The standard InChI is InChI=1S/C24H26N4O3/c1-14(2)13-28-23-18(11-16-8-6-7-15(3)21(16)25-23)22(27-28)26-24(29)17-9-10-19(30-4)20(12-17)31-5/h6-12,14H,13H2,1-5H3,(H,26,27,29). The minimum Gasteiger partial charge on any atom is -0.493 e. The van der Waals surface area contributed by atoms with Gasteiger partial charge in [-0.05, 0) is 42.7 Å². The van der Waals surface area contributed by atoms with E-state index in [9.17, 15) is 4.79 Å². The molecule has 0 saturated carbocycles. The predicted molar refractivity (Wildman–Crippen MR) is 122 cm³/mol. The first-order valence-electron chi connectivity index (χ1n) is 10.2. The number of rotatable bonds is 6. The Labute approximate surface area is 181 Å². The van der Waals surface area contributed by atoms with Crippen molar-refractivity contribution in [3.8, 4) is 11.5 Å². The van der Waals surface area contributed by atoms with Gasteiger partial charge in [-0.2, -0.15) is 5.10 Å². The molecule has 31 heavy (non-hydrogen) atoms. The number of ether oxygens (including phenoxy) is 2. The first-order chi connectivity index (χ1) is 14.9. The smallest absolute Gasteiger partial charge is 0.257 e. The topological polar surface area (TPSA) is 78.3 Å². The summed E-state index contributed by atoms with van der Waals surface area (Å²) in [7, 11) is 3.10. The van der Waals surface area contributed by atoms with E-state index in [0.29, 0.717) is 35.3 Å². The molecule has 7 heteroatoms. The minimum absolute atomic E-state index is 0.276. The lowest BCUT2D eigenvalue weighted by Gasteiger charge is -2.09. The van der Waals surface area contributed by atoms with Crippen LogP contribution >= 0.6 is 0 Å². The summed E-state index contributed by atoms with van der Waals surface area (Å²) in [6, 6.07) is 13.2. The van der Waals surface area contributed by atoms with Crippen molar-refractivity contribution in [3.05, 3.63) is 53.6 Å². The van der Waals surface area contributed by atoms with Gasteiger partial charge in [0.05, 0.1) is 25.1 Å². The number of carbonyl (C=O) groups is 1. The third kappa shape index (κ3) is 3.91. The normalized spacial score (nSPS) is 11.3. The molecule has 1 N–H and O–H groups in total. The molecule has 160 valence electrons. The second-order valence-corrected chi connectivity index (χ2v) is 7.95. The number of fused-ring (bicyclic) bond motifs is 2. The largest absolute Gasteiger partial charge is 0.493 e. The van der Waals surface area contributed by atoms with Crippen molar-refractivity contribution in [2.24, 2.45) is 5.92 Å². The fraction of sp³-hybridized carbons (Fsp3) is 0.292. The Hall–Kier alpha value is -3.61. The van der Waals surface area contributed by atoms with E-state index in [0.717, 1.165) is 27.5 Å². The fourth-order valence-corrected chi connectivity index (χ4v) is 3.65. The molecule has 0 radical (unpaired) electrons. The van der Waals surface area contributed by atoms with Crippen molar-refractivity contribution in [1.82, 2.24) is 14.8 Å². The van der Waals surface area contributed by atoms with Crippen LogP contribution in [0.5, 0.6) is 11.5 Å². The highest BCUT2D eigenvalue weighted by molar-refractivity contribution is 6.09. The van der Waals surface area contributed by atoms with Crippen LogP contribution in [0.15, 0.2) is 42.5 Å². The predicted octanol–water partition coefficient (Wildman–Crippen LogP) is 4.82. The minimum atomic E-state index is -0.276. The van der Waals surface area contributed by atoms with Crippen LogP contribution in [0.3, 0.4) is 0 Å². The van der Waals surface area contributed by atoms with Gasteiger partial charge in [-0.15, -0.1) is 0 Å². The summed E-state index contributed by atoms with van der Waals surface area (Å²) in [4.78, 5) is 17.9. The molecular formula is C24H26N4O3. The number of nitrogens with one attached hydrogen (secondary N) is 1. The molecule has 0 unspecified atom stereocenters. The van der Waals surface area contributed by atoms with Crippen molar-refractivity contribution in [2.75, 3.05) is 19.5 Å². The van der Waals surface area contributed by atoms with Gasteiger partial charge in [0.25, 0.3) is 5.91 Å². The van der Waals surface area contributed by atoms with E-state index in [1.807, 2.05) is 35.9 Å². The summed E-state index contributed by atoms with van der Waals surface area (Å²) in [6.07, 6.45) is 0. The van der Waals surface area contributed by atoms with Crippen LogP contribution in [0.1, 0.15) is 29.8 Å². The van der Waals surface area contributed by atoms with Crippen LogP contribution in [0.4, 0.5) is 5.82 Å². The number of carbonyl (C=O) groups excluding carboxylic acids is 1. The molecule has 2 heterocycles. The number of benzene rings is 2. The maximum Gasteiger partial charge on any atom is 0.257 e. The maximum absolute atomic E-state index is 13.0. The molecule has 4 aromatic rings. The SMILES string of the molecule is COc1ccc(C(=O)Nc2nn(CC(C)C)c3nc4c(C)cccc4cc23)cc1OC. The summed E-state index contributed by atoms with van der Waals surface area (Å²) in [5.41, 5.74) is 3.26. The Balaban J connectivity index is 1.79. The van der Waals surface area contributed by atoms with Gasteiger partial charge in [0.2, 0.25) is 0 Å². The van der Waals surface area contributed by atoms with Gasteiger partial charge in [0, 0.05) is 17.5 Å². The molecule has 2 aromatic heterocycles. The maximum atomic E-state index is 13.0. The Morgan fingerprint density at radius 1 is 1.10 bits per heavy atom. The van der Waals surface area contributed by atoms with Gasteiger partial charge < -0.3 is 14.8 Å². The number of anilines is 1. The van der Waals surface area contributed by atoms with Crippen LogP contribution in [0.2, 0.25) is 0 Å². The lowest BCUT2D eigenvalue weighted by Crippen LogP contribution is -2.13.